The lowest BCUT2D eigenvalue weighted by Crippen LogP contribution is -2.37. The SMILES string of the molecule is CC(CO)(CO)CNCc1ccc(F)c(Cl)c1. The molecule has 0 bridgehead atoms. The Morgan fingerprint density at radius 2 is 2.00 bits per heavy atom. The fraction of sp³-hybridized carbons (Fsp3) is 0.500. The molecule has 96 valence electrons. The van der Waals surface area contributed by atoms with E-state index < -0.39 is 11.2 Å². The van der Waals surface area contributed by atoms with Gasteiger partial charge in [0.15, 0.2) is 0 Å². The first-order valence-electron chi connectivity index (χ1n) is 5.37. The first-order chi connectivity index (χ1) is 8.00. The molecule has 5 heteroatoms. The van der Waals surface area contributed by atoms with Gasteiger partial charge in [0.05, 0.1) is 18.2 Å². The number of hydrogen-bond acceptors (Lipinski definition) is 3. The predicted octanol–water partition coefficient (Wildman–Crippen LogP) is 1.56. The van der Waals surface area contributed by atoms with Crippen molar-refractivity contribution >= 4 is 11.6 Å². The molecule has 0 heterocycles. The summed E-state index contributed by atoms with van der Waals surface area (Å²) < 4.78 is 12.9. The Hall–Kier alpha value is -0.680. The molecule has 0 aliphatic rings. The molecule has 0 aliphatic carbocycles. The highest BCUT2D eigenvalue weighted by molar-refractivity contribution is 6.30. The molecule has 0 aliphatic heterocycles. The summed E-state index contributed by atoms with van der Waals surface area (Å²) in [5, 5.41) is 21.4. The minimum atomic E-state index is -0.552. The fourth-order valence-corrected chi connectivity index (χ4v) is 1.52. The number of halogens is 2. The van der Waals surface area contributed by atoms with Gasteiger partial charge in [0.25, 0.3) is 0 Å². The van der Waals surface area contributed by atoms with Crippen LogP contribution < -0.4 is 5.32 Å². The molecule has 1 rings (SSSR count). The van der Waals surface area contributed by atoms with Crippen molar-refractivity contribution in [1.82, 2.24) is 5.32 Å². The van der Waals surface area contributed by atoms with Gasteiger partial charge in [-0.25, -0.2) is 4.39 Å². The summed E-state index contributed by atoms with van der Waals surface area (Å²) in [5.41, 5.74) is 0.304. The predicted molar refractivity (Wildman–Crippen MR) is 65.4 cm³/mol. The molecule has 0 fully saturated rings. The second kappa shape index (κ2) is 6.31. The largest absolute Gasteiger partial charge is 0.396 e. The van der Waals surface area contributed by atoms with Crippen molar-refractivity contribution in [3.63, 3.8) is 0 Å². The highest BCUT2D eigenvalue weighted by Gasteiger charge is 2.21. The molecule has 0 atom stereocenters. The molecule has 0 amide bonds. The van der Waals surface area contributed by atoms with Gasteiger partial charge in [-0.3, -0.25) is 0 Å². The standard InChI is InChI=1S/C12H17ClFNO2/c1-12(7-16,8-17)6-15-5-9-2-3-11(14)10(13)4-9/h2-4,15-17H,5-8H2,1H3. The van der Waals surface area contributed by atoms with E-state index in [4.69, 9.17) is 21.8 Å². The number of hydrogen-bond donors (Lipinski definition) is 3. The first-order valence-corrected chi connectivity index (χ1v) is 5.75. The monoisotopic (exact) mass is 261 g/mol. The smallest absolute Gasteiger partial charge is 0.141 e. The highest BCUT2D eigenvalue weighted by atomic mass is 35.5. The third kappa shape index (κ3) is 4.24. The summed E-state index contributed by atoms with van der Waals surface area (Å²) in [6.07, 6.45) is 0. The van der Waals surface area contributed by atoms with Gasteiger partial charge < -0.3 is 15.5 Å². The van der Waals surface area contributed by atoms with E-state index in [2.05, 4.69) is 5.32 Å². The van der Waals surface area contributed by atoms with E-state index in [0.29, 0.717) is 13.1 Å². The van der Waals surface area contributed by atoms with E-state index in [1.165, 1.54) is 6.07 Å². The molecule has 0 unspecified atom stereocenters. The topological polar surface area (TPSA) is 52.5 Å². The van der Waals surface area contributed by atoms with Crippen molar-refractivity contribution in [2.45, 2.75) is 13.5 Å². The zero-order valence-electron chi connectivity index (χ0n) is 9.71. The lowest BCUT2D eigenvalue weighted by molar-refractivity contribution is 0.0695. The van der Waals surface area contributed by atoms with Crippen LogP contribution in [0.2, 0.25) is 5.02 Å². The minimum absolute atomic E-state index is 0.0939. The van der Waals surface area contributed by atoms with Gasteiger partial charge >= 0.3 is 0 Å². The summed E-state index contributed by atoms with van der Waals surface area (Å²) in [6.45, 7) is 2.56. The second-order valence-electron chi connectivity index (χ2n) is 4.48. The molecule has 3 nitrogen and oxygen atoms in total. The van der Waals surface area contributed by atoms with Crippen molar-refractivity contribution in [3.05, 3.63) is 34.6 Å². The van der Waals surface area contributed by atoms with Crippen LogP contribution in [0.15, 0.2) is 18.2 Å². The summed E-state index contributed by atoms with van der Waals surface area (Å²) in [5.74, 6) is -0.439. The van der Waals surface area contributed by atoms with Gasteiger partial charge in [-0.05, 0) is 17.7 Å². The number of aliphatic hydroxyl groups is 2. The maximum absolute atomic E-state index is 12.9. The van der Waals surface area contributed by atoms with Gasteiger partial charge in [-0.2, -0.15) is 0 Å². The van der Waals surface area contributed by atoms with Crippen LogP contribution in [-0.2, 0) is 6.54 Å². The average Bonchev–Trinajstić information content (AvgIpc) is 2.33. The van der Waals surface area contributed by atoms with Crippen LogP contribution in [0.5, 0.6) is 0 Å². The van der Waals surface area contributed by atoms with Crippen molar-refractivity contribution < 1.29 is 14.6 Å². The number of nitrogens with one attached hydrogen (secondary N) is 1. The number of benzene rings is 1. The van der Waals surface area contributed by atoms with Crippen molar-refractivity contribution in [1.29, 1.82) is 0 Å². The summed E-state index contributed by atoms with van der Waals surface area (Å²) in [6, 6.07) is 4.51. The molecule has 0 saturated heterocycles. The molecule has 1 aromatic rings. The molecule has 0 spiro atoms. The van der Waals surface area contributed by atoms with E-state index in [1.54, 1.807) is 19.1 Å². The summed E-state index contributed by atoms with van der Waals surface area (Å²) in [7, 11) is 0. The maximum Gasteiger partial charge on any atom is 0.141 e. The Balaban J connectivity index is 2.48. The lowest BCUT2D eigenvalue weighted by atomic mass is 9.93. The second-order valence-corrected chi connectivity index (χ2v) is 4.89. The van der Waals surface area contributed by atoms with E-state index in [-0.39, 0.29) is 18.2 Å². The fourth-order valence-electron chi connectivity index (χ4n) is 1.32. The van der Waals surface area contributed by atoms with Crippen LogP contribution in [0, 0.1) is 11.2 Å². The average molecular weight is 262 g/mol. The molecule has 0 aromatic heterocycles. The van der Waals surface area contributed by atoms with Gasteiger partial charge in [0.2, 0.25) is 0 Å². The van der Waals surface area contributed by atoms with Crippen LogP contribution in [0.25, 0.3) is 0 Å². The van der Waals surface area contributed by atoms with Crippen molar-refractivity contribution in [2.24, 2.45) is 5.41 Å². The zero-order valence-corrected chi connectivity index (χ0v) is 10.5. The Morgan fingerprint density at radius 3 is 2.53 bits per heavy atom. The van der Waals surface area contributed by atoms with Gasteiger partial charge in [-0.15, -0.1) is 0 Å². The Kier molecular flexibility index (Phi) is 5.33. The number of aliphatic hydroxyl groups excluding tert-OH is 2. The third-order valence-corrected chi connectivity index (χ3v) is 2.92. The van der Waals surface area contributed by atoms with Crippen LogP contribution in [0.4, 0.5) is 4.39 Å². The molecule has 0 radical (unpaired) electrons. The van der Waals surface area contributed by atoms with Gasteiger partial charge in [-0.1, -0.05) is 24.6 Å². The Morgan fingerprint density at radius 1 is 1.35 bits per heavy atom. The highest BCUT2D eigenvalue weighted by Crippen LogP contribution is 2.16. The molecule has 1 aromatic carbocycles. The van der Waals surface area contributed by atoms with E-state index in [0.717, 1.165) is 5.56 Å². The van der Waals surface area contributed by atoms with Gasteiger partial charge in [0.1, 0.15) is 5.82 Å². The summed E-state index contributed by atoms with van der Waals surface area (Å²) >= 11 is 5.65. The van der Waals surface area contributed by atoms with Crippen molar-refractivity contribution in [2.75, 3.05) is 19.8 Å². The minimum Gasteiger partial charge on any atom is -0.396 e. The lowest BCUT2D eigenvalue weighted by Gasteiger charge is -2.24. The van der Waals surface area contributed by atoms with Crippen LogP contribution in [0.1, 0.15) is 12.5 Å². The van der Waals surface area contributed by atoms with E-state index in [1.807, 2.05) is 0 Å². The Bertz CT molecular complexity index is 370. The van der Waals surface area contributed by atoms with Gasteiger partial charge in [0, 0.05) is 18.5 Å². The Labute approximate surface area is 105 Å². The van der Waals surface area contributed by atoms with Crippen LogP contribution in [-0.4, -0.2) is 30.0 Å². The molecular formula is C12H17ClFNO2. The van der Waals surface area contributed by atoms with E-state index >= 15 is 0 Å². The normalized spacial score (nSPS) is 11.8. The van der Waals surface area contributed by atoms with Crippen LogP contribution >= 0.6 is 11.6 Å². The van der Waals surface area contributed by atoms with Crippen molar-refractivity contribution in [3.8, 4) is 0 Å². The van der Waals surface area contributed by atoms with E-state index in [9.17, 15) is 4.39 Å². The first kappa shape index (κ1) is 14.4. The number of rotatable bonds is 6. The maximum atomic E-state index is 12.9. The molecular weight excluding hydrogens is 245 g/mol. The quantitative estimate of drug-likeness (QED) is 0.729. The molecule has 3 N–H and O–H groups in total. The molecule has 0 saturated carbocycles. The zero-order chi connectivity index (χ0) is 12.9. The van der Waals surface area contributed by atoms with Crippen LogP contribution in [0.3, 0.4) is 0 Å². The molecule has 17 heavy (non-hydrogen) atoms. The third-order valence-electron chi connectivity index (χ3n) is 2.63. The summed E-state index contributed by atoms with van der Waals surface area (Å²) in [4.78, 5) is 0.